The van der Waals surface area contributed by atoms with Gasteiger partial charge in [0.15, 0.2) is 5.75 Å². The van der Waals surface area contributed by atoms with Gasteiger partial charge in [0.1, 0.15) is 27.4 Å². The van der Waals surface area contributed by atoms with E-state index in [0.29, 0.717) is 17.5 Å². The fourth-order valence-electron chi connectivity index (χ4n) is 7.69. The number of benzene rings is 7. The van der Waals surface area contributed by atoms with E-state index in [1.807, 2.05) is 50.2 Å². The van der Waals surface area contributed by atoms with Crippen LogP contribution in [0.25, 0.3) is 38.3 Å². The molecule has 2 heterocycles. The van der Waals surface area contributed by atoms with Gasteiger partial charge in [-0.05, 0) is 59.5 Å². The van der Waals surface area contributed by atoms with E-state index in [9.17, 15) is 55.8 Å². The second-order valence-electron chi connectivity index (χ2n) is 15.4. The number of aromatic nitrogens is 3. The van der Waals surface area contributed by atoms with E-state index in [1.54, 1.807) is 0 Å². The molecule has 7 aromatic carbocycles. The fourth-order valence-corrected chi connectivity index (χ4v) is 9.03. The third-order valence-corrected chi connectivity index (χ3v) is 12.7. The zero-order chi connectivity index (χ0) is 47.0. The normalized spacial score (nSPS) is 13.4. The summed E-state index contributed by atoms with van der Waals surface area (Å²) in [5.41, 5.74) is -0.313. The molecule has 0 bridgehead atoms. The molecule has 66 heavy (non-hydrogen) atoms. The number of aliphatic imine (C=N–C) groups is 1. The van der Waals surface area contributed by atoms with Gasteiger partial charge in [-0.3, -0.25) is 34.3 Å². The van der Waals surface area contributed by atoms with E-state index >= 15 is 0 Å². The lowest BCUT2D eigenvalue weighted by molar-refractivity contribution is -0.385. The molecule has 0 atom stereocenters. The molecular formula is C44H28N6O14S2. The van der Waals surface area contributed by atoms with E-state index < -0.39 is 57.2 Å². The smallest absolute Gasteiger partial charge is 0.343 e. The minimum Gasteiger partial charge on any atom is -0.422 e. The van der Waals surface area contributed by atoms with E-state index in [2.05, 4.69) is 10.2 Å². The lowest BCUT2D eigenvalue weighted by Crippen LogP contribution is -2.27. The van der Waals surface area contributed by atoms with E-state index in [-0.39, 0.29) is 67.1 Å². The molecular weight excluding hydrogens is 901 g/mol. The Hall–Kier alpha value is -8.31. The van der Waals surface area contributed by atoms with E-state index in [1.165, 1.54) is 48.5 Å². The van der Waals surface area contributed by atoms with Crippen molar-refractivity contribution >= 4 is 87.5 Å². The van der Waals surface area contributed by atoms with Crippen LogP contribution in [-0.2, 0) is 25.7 Å². The summed E-state index contributed by atoms with van der Waals surface area (Å²) in [6, 6.07) is 27.1. The van der Waals surface area contributed by atoms with Gasteiger partial charge in [0.2, 0.25) is 0 Å². The van der Waals surface area contributed by atoms with Crippen molar-refractivity contribution in [2.75, 3.05) is 0 Å². The molecule has 1 aliphatic heterocycles. The van der Waals surface area contributed by atoms with Crippen molar-refractivity contribution in [2.24, 2.45) is 4.99 Å². The highest BCUT2D eigenvalue weighted by molar-refractivity contribution is 7.86. The standard InChI is InChI=1S/C44H28N6O14S2/c1-44(2)33-17-11-23-5-3-4-6-29(23)39(33)45-41(44)32-21-37(64-43(52)25-9-14-27(15-10-25)50(55)56)35(22-36(32)63-42(51)24-7-12-26(13-8-24)49(53)54)48-46-34-18-16-30-31(40(34)47-48)19-28(65(57,58)59)20-38(30)66(60,61)62/h3-22H,1-2H3,(H,57,58,59)(H,60,61,62). The van der Waals surface area contributed by atoms with Gasteiger partial charge in [-0.25, -0.2) is 9.59 Å². The molecule has 0 radical (unpaired) electrons. The Morgan fingerprint density at radius 2 is 1.27 bits per heavy atom. The van der Waals surface area contributed by atoms with Crippen LogP contribution in [0.5, 0.6) is 11.5 Å². The zero-order valence-electron chi connectivity index (χ0n) is 33.8. The number of nitro benzene ring substituents is 2. The van der Waals surface area contributed by atoms with Crippen molar-refractivity contribution in [3.8, 4) is 17.2 Å². The van der Waals surface area contributed by atoms with Crippen molar-refractivity contribution < 1.29 is 54.9 Å². The maximum Gasteiger partial charge on any atom is 0.343 e. The summed E-state index contributed by atoms with van der Waals surface area (Å²) in [6.45, 7) is 3.75. The number of carbonyl (C=O) groups is 2. The number of nitro groups is 2. The first kappa shape index (κ1) is 43.0. The minimum absolute atomic E-state index is 0.0129. The molecule has 22 heteroatoms. The van der Waals surface area contributed by atoms with Gasteiger partial charge < -0.3 is 9.47 Å². The van der Waals surface area contributed by atoms with Gasteiger partial charge in [-0.2, -0.15) is 16.8 Å². The maximum atomic E-state index is 14.0. The number of non-ortho nitro benzene ring substituents is 2. The summed E-state index contributed by atoms with van der Waals surface area (Å²) in [5, 5.41) is 33.1. The Kier molecular flexibility index (Phi) is 10.1. The zero-order valence-corrected chi connectivity index (χ0v) is 35.5. The Labute approximate surface area is 371 Å². The van der Waals surface area contributed by atoms with E-state index in [0.717, 1.165) is 51.5 Å². The first-order valence-electron chi connectivity index (χ1n) is 19.2. The summed E-state index contributed by atoms with van der Waals surface area (Å²) < 4.78 is 81.6. The van der Waals surface area contributed by atoms with Crippen LogP contribution < -0.4 is 9.47 Å². The highest BCUT2D eigenvalue weighted by Gasteiger charge is 2.39. The first-order valence-corrected chi connectivity index (χ1v) is 22.1. The molecule has 0 saturated heterocycles. The molecule has 8 aromatic rings. The Bertz CT molecular complexity index is 3720. The highest BCUT2D eigenvalue weighted by Crippen LogP contribution is 2.48. The van der Waals surface area contributed by atoms with Gasteiger partial charge in [-0.15, -0.1) is 15.0 Å². The molecule has 0 saturated carbocycles. The van der Waals surface area contributed by atoms with Crippen LogP contribution >= 0.6 is 0 Å². The second-order valence-corrected chi connectivity index (χ2v) is 18.2. The van der Waals surface area contributed by atoms with Gasteiger partial charge in [0.05, 0.1) is 37.3 Å². The van der Waals surface area contributed by atoms with Crippen LogP contribution in [0.15, 0.2) is 136 Å². The molecule has 0 spiro atoms. The molecule has 0 fully saturated rings. The van der Waals surface area contributed by atoms with Crippen molar-refractivity contribution in [1.82, 2.24) is 15.0 Å². The Morgan fingerprint density at radius 1 is 0.667 bits per heavy atom. The topological polar surface area (TPSA) is 291 Å². The number of hydrogen-bond donors (Lipinski definition) is 2. The third-order valence-electron chi connectivity index (χ3n) is 10.9. The number of ether oxygens (including phenoxy) is 2. The monoisotopic (exact) mass is 928 g/mol. The third kappa shape index (κ3) is 7.53. The average molecular weight is 929 g/mol. The minimum atomic E-state index is -5.10. The molecule has 20 nitrogen and oxygen atoms in total. The molecule has 0 aliphatic carbocycles. The summed E-state index contributed by atoms with van der Waals surface area (Å²) in [6.07, 6.45) is 0. The number of nitrogens with zero attached hydrogens (tertiary/aromatic N) is 6. The number of rotatable bonds is 10. The lowest BCUT2D eigenvalue weighted by Gasteiger charge is -2.25. The van der Waals surface area contributed by atoms with Crippen molar-refractivity contribution in [1.29, 1.82) is 0 Å². The van der Waals surface area contributed by atoms with Crippen LogP contribution in [0, 0.1) is 20.2 Å². The van der Waals surface area contributed by atoms with Crippen LogP contribution in [-0.4, -0.2) is 68.4 Å². The predicted molar refractivity (Wildman–Crippen MR) is 235 cm³/mol. The Morgan fingerprint density at radius 3 is 1.86 bits per heavy atom. The average Bonchev–Trinajstić information content (AvgIpc) is 3.84. The number of carbonyl (C=O) groups excluding carboxylic acids is 2. The number of esters is 2. The summed E-state index contributed by atoms with van der Waals surface area (Å²) in [5.74, 6) is -2.51. The van der Waals surface area contributed by atoms with Gasteiger partial charge in [0.25, 0.3) is 31.6 Å². The summed E-state index contributed by atoms with van der Waals surface area (Å²) >= 11 is 0. The largest absolute Gasteiger partial charge is 0.422 e. The first-order chi connectivity index (χ1) is 31.2. The number of hydrogen-bond acceptors (Lipinski definition) is 15. The van der Waals surface area contributed by atoms with Crippen LogP contribution in [0.2, 0.25) is 0 Å². The maximum absolute atomic E-state index is 14.0. The van der Waals surface area contributed by atoms with Crippen LogP contribution in [0.4, 0.5) is 17.1 Å². The summed E-state index contributed by atoms with van der Waals surface area (Å²) in [4.78, 5) is 53.6. The molecule has 1 aliphatic rings. The SMILES string of the molecule is CC1(C)C(c2cc(OC(=O)c3ccc([N+](=O)[O-])cc3)c(-n3nc4ccc5c(S(=O)(=O)O)cc(S(=O)(=O)O)cc5c4n3)cc2OC(=O)c2ccc([N+](=O)[O-])cc2)=Nc2c1ccc1ccccc21. The van der Waals surface area contributed by atoms with Gasteiger partial charge in [0, 0.05) is 57.5 Å². The van der Waals surface area contributed by atoms with Crippen molar-refractivity contribution in [3.05, 3.63) is 164 Å². The number of fused-ring (bicyclic) bond motifs is 6. The quantitative estimate of drug-likeness (QED) is 0.0433. The van der Waals surface area contributed by atoms with Gasteiger partial charge >= 0.3 is 11.9 Å². The fraction of sp³-hybridized carbons (Fsp3) is 0.0682. The molecule has 1 aromatic heterocycles. The molecule has 0 amide bonds. The molecule has 9 rings (SSSR count). The summed E-state index contributed by atoms with van der Waals surface area (Å²) in [7, 11) is -10.2. The van der Waals surface area contributed by atoms with Crippen molar-refractivity contribution in [3.63, 3.8) is 0 Å². The van der Waals surface area contributed by atoms with Crippen LogP contribution in [0.1, 0.15) is 45.7 Å². The van der Waals surface area contributed by atoms with Crippen LogP contribution in [0.3, 0.4) is 0 Å². The molecule has 2 N–H and O–H groups in total. The van der Waals surface area contributed by atoms with Crippen molar-refractivity contribution in [2.45, 2.75) is 29.1 Å². The predicted octanol–water partition coefficient (Wildman–Crippen LogP) is 7.89. The lowest BCUT2D eigenvalue weighted by atomic mass is 9.78. The second kappa shape index (κ2) is 15.4. The Balaban J connectivity index is 1.30. The van der Waals surface area contributed by atoms with Gasteiger partial charge in [-0.1, -0.05) is 56.3 Å². The molecule has 330 valence electrons. The van der Waals surface area contributed by atoms with E-state index in [4.69, 9.17) is 14.5 Å². The highest BCUT2D eigenvalue weighted by atomic mass is 32.2. The molecule has 0 unspecified atom stereocenters.